The Morgan fingerprint density at radius 2 is 1.95 bits per heavy atom. The number of nitrogens with one attached hydrogen (secondary N) is 1. The molecule has 0 saturated carbocycles. The van der Waals surface area contributed by atoms with Crippen molar-refractivity contribution in [2.24, 2.45) is 10.7 Å². The molecule has 2 rings (SSSR count). The van der Waals surface area contributed by atoms with Crippen LogP contribution in [-0.2, 0) is 6.54 Å². The molecule has 110 valence electrons. The molecule has 4 nitrogen and oxygen atoms in total. The molecule has 0 heterocycles. The minimum absolute atomic E-state index is 0.232. The number of hydrogen-bond donors (Lipinski definition) is 2. The Labute approximate surface area is 123 Å². The molecule has 0 aliphatic carbocycles. The average Bonchev–Trinajstić information content (AvgIpc) is 2.49. The van der Waals surface area contributed by atoms with Gasteiger partial charge < -0.3 is 15.8 Å². The Balaban J connectivity index is 1.98. The zero-order valence-corrected chi connectivity index (χ0v) is 12.1. The number of ether oxygens (including phenoxy) is 1. The third-order valence-corrected chi connectivity index (χ3v) is 3.03. The summed E-state index contributed by atoms with van der Waals surface area (Å²) in [7, 11) is 1.61. The van der Waals surface area contributed by atoms with Gasteiger partial charge in [0.1, 0.15) is 11.6 Å². The lowest BCUT2D eigenvalue weighted by atomic mass is 10.1. The quantitative estimate of drug-likeness (QED) is 0.671. The fraction of sp³-hybridized carbons (Fsp3) is 0.188. The molecule has 0 amide bonds. The summed E-state index contributed by atoms with van der Waals surface area (Å²) in [4.78, 5) is 4.19. The van der Waals surface area contributed by atoms with E-state index in [1.54, 1.807) is 20.1 Å². The number of hydrogen-bond acceptors (Lipinski definition) is 2. The molecule has 2 aromatic carbocycles. The second-order valence-electron chi connectivity index (χ2n) is 4.64. The first-order chi connectivity index (χ1) is 10.1. The van der Waals surface area contributed by atoms with Gasteiger partial charge >= 0.3 is 0 Å². The van der Waals surface area contributed by atoms with E-state index in [1.807, 2.05) is 30.3 Å². The van der Waals surface area contributed by atoms with Crippen LogP contribution in [0.1, 0.15) is 11.1 Å². The van der Waals surface area contributed by atoms with Crippen LogP contribution in [0.2, 0.25) is 0 Å². The highest BCUT2D eigenvalue weighted by Crippen LogP contribution is 2.15. The van der Waals surface area contributed by atoms with Gasteiger partial charge in [-0.25, -0.2) is 9.38 Å². The van der Waals surface area contributed by atoms with Gasteiger partial charge in [0.05, 0.1) is 13.7 Å². The Morgan fingerprint density at radius 3 is 2.57 bits per heavy atom. The van der Waals surface area contributed by atoms with Crippen LogP contribution in [0.25, 0.3) is 0 Å². The van der Waals surface area contributed by atoms with Crippen molar-refractivity contribution in [3.63, 3.8) is 0 Å². The summed E-state index contributed by atoms with van der Waals surface area (Å²) >= 11 is 0. The zero-order valence-electron chi connectivity index (χ0n) is 12.1. The molecule has 0 saturated heterocycles. The molecule has 0 spiro atoms. The predicted octanol–water partition coefficient (Wildman–Crippen LogP) is 3.07. The molecule has 0 bridgehead atoms. The van der Waals surface area contributed by atoms with Crippen LogP contribution in [0.3, 0.4) is 0 Å². The first-order valence-electron chi connectivity index (χ1n) is 6.54. The number of aliphatic imine (C=N–C) groups is 1. The molecular weight excluding hydrogens is 269 g/mol. The van der Waals surface area contributed by atoms with E-state index in [0.29, 0.717) is 12.1 Å². The van der Waals surface area contributed by atoms with E-state index < -0.39 is 0 Å². The number of aryl methyl sites for hydroxylation is 1. The average molecular weight is 287 g/mol. The lowest BCUT2D eigenvalue weighted by molar-refractivity contribution is 0.415. The van der Waals surface area contributed by atoms with E-state index in [4.69, 9.17) is 10.5 Å². The fourth-order valence-corrected chi connectivity index (χ4v) is 1.77. The van der Waals surface area contributed by atoms with E-state index in [9.17, 15) is 4.39 Å². The van der Waals surface area contributed by atoms with Crippen LogP contribution in [0.4, 0.5) is 10.1 Å². The van der Waals surface area contributed by atoms with Crippen molar-refractivity contribution in [3.8, 4) is 5.75 Å². The van der Waals surface area contributed by atoms with E-state index >= 15 is 0 Å². The summed E-state index contributed by atoms with van der Waals surface area (Å²) in [5, 5.41) is 2.97. The standard InChI is InChI=1S/C16H18FN3O/c1-11-3-4-12(9-15(11)17)10-19-16(18)20-13-5-7-14(21-2)8-6-13/h3-9H,10H2,1-2H3,(H3,18,19,20). The lowest BCUT2D eigenvalue weighted by Gasteiger charge is -2.07. The van der Waals surface area contributed by atoms with Gasteiger partial charge in [-0.15, -0.1) is 0 Å². The van der Waals surface area contributed by atoms with Crippen molar-refractivity contribution in [3.05, 3.63) is 59.4 Å². The summed E-state index contributed by atoms with van der Waals surface area (Å²) in [6, 6.07) is 12.4. The maximum absolute atomic E-state index is 13.4. The highest BCUT2D eigenvalue weighted by atomic mass is 19.1. The van der Waals surface area contributed by atoms with Crippen LogP contribution in [0.15, 0.2) is 47.5 Å². The molecular formula is C16H18FN3O. The molecule has 0 radical (unpaired) electrons. The number of nitrogens with two attached hydrogens (primary N) is 1. The minimum atomic E-state index is -0.232. The Kier molecular flexibility index (Phi) is 4.77. The number of rotatable bonds is 4. The molecule has 21 heavy (non-hydrogen) atoms. The van der Waals surface area contributed by atoms with Gasteiger partial charge in [0.2, 0.25) is 0 Å². The second-order valence-corrected chi connectivity index (χ2v) is 4.64. The Hall–Kier alpha value is -2.56. The van der Waals surface area contributed by atoms with Crippen LogP contribution in [0, 0.1) is 12.7 Å². The van der Waals surface area contributed by atoms with Crippen molar-refractivity contribution in [2.45, 2.75) is 13.5 Å². The molecule has 0 atom stereocenters. The predicted molar refractivity (Wildman–Crippen MR) is 83.1 cm³/mol. The maximum atomic E-state index is 13.4. The van der Waals surface area contributed by atoms with E-state index in [0.717, 1.165) is 17.0 Å². The molecule has 0 aliphatic rings. The topological polar surface area (TPSA) is 59.6 Å². The molecule has 5 heteroatoms. The third kappa shape index (κ3) is 4.21. The number of guanidine groups is 1. The van der Waals surface area contributed by atoms with Crippen LogP contribution < -0.4 is 15.8 Å². The molecule has 0 unspecified atom stereocenters. The summed E-state index contributed by atoms with van der Waals surface area (Å²) in [6.07, 6.45) is 0. The number of nitrogens with zero attached hydrogens (tertiary/aromatic N) is 1. The van der Waals surface area contributed by atoms with Crippen molar-refractivity contribution >= 4 is 11.6 Å². The van der Waals surface area contributed by atoms with Crippen molar-refractivity contribution in [1.29, 1.82) is 0 Å². The first kappa shape index (κ1) is 14.8. The van der Waals surface area contributed by atoms with Gasteiger partial charge in [0, 0.05) is 5.69 Å². The monoisotopic (exact) mass is 287 g/mol. The van der Waals surface area contributed by atoms with Gasteiger partial charge in [-0.1, -0.05) is 12.1 Å². The van der Waals surface area contributed by atoms with Gasteiger partial charge in [0.25, 0.3) is 0 Å². The largest absolute Gasteiger partial charge is 0.497 e. The third-order valence-electron chi connectivity index (χ3n) is 3.03. The van der Waals surface area contributed by atoms with Crippen LogP contribution >= 0.6 is 0 Å². The molecule has 3 N–H and O–H groups in total. The summed E-state index contributed by atoms with van der Waals surface area (Å²) < 4.78 is 18.5. The molecule has 0 fully saturated rings. The highest BCUT2D eigenvalue weighted by Gasteiger charge is 2.00. The SMILES string of the molecule is COc1ccc(NC(N)=NCc2ccc(C)c(F)c2)cc1. The van der Waals surface area contributed by atoms with E-state index in [-0.39, 0.29) is 11.8 Å². The number of halogens is 1. The number of anilines is 1. The van der Waals surface area contributed by atoms with Crippen molar-refractivity contribution < 1.29 is 9.13 Å². The van der Waals surface area contributed by atoms with Crippen LogP contribution in [-0.4, -0.2) is 13.1 Å². The van der Waals surface area contributed by atoms with Gasteiger partial charge in [-0.3, -0.25) is 0 Å². The second kappa shape index (κ2) is 6.74. The fourth-order valence-electron chi connectivity index (χ4n) is 1.77. The molecule has 0 aromatic heterocycles. The molecule has 2 aromatic rings. The first-order valence-corrected chi connectivity index (χ1v) is 6.54. The van der Waals surface area contributed by atoms with Crippen LogP contribution in [0.5, 0.6) is 5.75 Å². The summed E-state index contributed by atoms with van der Waals surface area (Å²) in [5.74, 6) is 0.816. The highest BCUT2D eigenvalue weighted by molar-refractivity contribution is 5.92. The lowest BCUT2D eigenvalue weighted by Crippen LogP contribution is -2.22. The van der Waals surface area contributed by atoms with Gasteiger partial charge in [-0.2, -0.15) is 0 Å². The summed E-state index contributed by atoms with van der Waals surface area (Å²) in [5.41, 5.74) is 8.01. The normalized spacial score (nSPS) is 11.3. The minimum Gasteiger partial charge on any atom is -0.497 e. The molecule has 0 aliphatic heterocycles. The van der Waals surface area contributed by atoms with Gasteiger partial charge in [-0.05, 0) is 48.4 Å². The number of benzene rings is 2. The zero-order chi connectivity index (χ0) is 15.2. The summed E-state index contributed by atoms with van der Waals surface area (Å²) in [6.45, 7) is 2.05. The Bertz CT molecular complexity index is 638. The maximum Gasteiger partial charge on any atom is 0.193 e. The Morgan fingerprint density at radius 1 is 1.24 bits per heavy atom. The van der Waals surface area contributed by atoms with E-state index in [2.05, 4.69) is 10.3 Å². The number of methoxy groups -OCH3 is 1. The van der Waals surface area contributed by atoms with E-state index in [1.165, 1.54) is 6.07 Å². The van der Waals surface area contributed by atoms with Crippen molar-refractivity contribution in [2.75, 3.05) is 12.4 Å². The van der Waals surface area contributed by atoms with Crippen molar-refractivity contribution in [1.82, 2.24) is 0 Å². The van der Waals surface area contributed by atoms with Gasteiger partial charge in [0.15, 0.2) is 5.96 Å². The smallest absolute Gasteiger partial charge is 0.193 e.